The van der Waals surface area contributed by atoms with Crippen molar-refractivity contribution in [3.63, 3.8) is 0 Å². The van der Waals surface area contributed by atoms with Gasteiger partial charge in [0.1, 0.15) is 0 Å². The summed E-state index contributed by atoms with van der Waals surface area (Å²) in [6.07, 6.45) is 0. The second-order valence-electron chi connectivity index (χ2n) is 0.651. The fraction of sp³-hybridized carbons (Fsp3) is 0. The maximum absolute atomic E-state index is 7.72. The molecule has 0 aliphatic rings. The zero-order valence-corrected chi connectivity index (χ0v) is 4.38. The van der Waals surface area contributed by atoms with Crippen molar-refractivity contribution in [3.8, 4) is 0 Å². The Labute approximate surface area is 98.6 Å². The Balaban J connectivity index is -0.000000125. The largest absolute Gasteiger partial charge is 0.316 e. The molecule has 0 fully saturated rings. The number of hydrogen-bond acceptors (Lipinski definition) is 4. The Morgan fingerprint density at radius 3 is 1.38 bits per heavy atom. The van der Waals surface area contributed by atoms with Crippen molar-refractivity contribution in [2.75, 3.05) is 0 Å². The van der Waals surface area contributed by atoms with E-state index in [0.29, 0.717) is 0 Å². The van der Waals surface area contributed by atoms with Crippen molar-refractivity contribution in [2.45, 2.75) is 0 Å². The zero-order chi connectivity index (χ0) is 5.21. The maximum Gasteiger partial charge on any atom is 0.316 e. The van der Waals surface area contributed by atoms with Gasteiger partial charge in [-0.3, -0.25) is 0 Å². The van der Waals surface area contributed by atoms with Crippen molar-refractivity contribution in [3.05, 3.63) is 0 Å². The summed E-state index contributed by atoms with van der Waals surface area (Å²) in [6, 6.07) is 0. The average Bonchev–Trinajstić information content (AvgIpc) is 1.35. The molecule has 0 aromatic heterocycles. The van der Waals surface area contributed by atoms with E-state index >= 15 is 0 Å². The first-order valence-electron chi connectivity index (χ1n) is 1.03. The monoisotopic (exact) mass is 198 g/mol. The van der Waals surface area contributed by atoms with E-state index in [1.54, 1.807) is 0 Å². The van der Waals surface area contributed by atoms with Crippen LogP contribution in [0.1, 0.15) is 0 Å². The molecule has 46 valence electrons. The third kappa shape index (κ3) is 15.8. The molecule has 0 radical (unpaired) electrons. The molecule has 0 amide bonds. The molecule has 0 heterocycles. The summed E-state index contributed by atoms with van der Waals surface area (Å²) >= 11 is 4.29. The van der Waals surface area contributed by atoms with Crippen LogP contribution in [0.5, 0.6) is 0 Å². The number of halogens is 1. The van der Waals surface area contributed by atoms with Crippen LogP contribution in [0, 0.1) is 0 Å². The number of rotatable bonds is 1. The summed E-state index contributed by atoms with van der Waals surface area (Å²) in [5.41, 5.74) is 0. The third-order valence-electron chi connectivity index (χ3n) is 0.104. The second kappa shape index (κ2) is 7.48. The SMILES string of the molecule is O[Si](O)(O)OCl.[CaH2].[MgH2]. The Kier molecular flexibility index (Phi) is 15.7. The van der Waals surface area contributed by atoms with E-state index in [1.165, 1.54) is 0 Å². The zero-order valence-electron chi connectivity index (χ0n) is 2.63. The molecule has 8 heteroatoms. The van der Waals surface area contributed by atoms with Crippen molar-refractivity contribution < 1.29 is 18.4 Å². The van der Waals surface area contributed by atoms with E-state index in [0.717, 1.165) is 0 Å². The van der Waals surface area contributed by atoms with Crippen molar-refractivity contribution in [1.82, 2.24) is 0 Å². The van der Waals surface area contributed by atoms with Crippen LogP contribution in [0.15, 0.2) is 0 Å². The molecule has 0 bridgehead atoms. The van der Waals surface area contributed by atoms with E-state index in [2.05, 4.69) is 15.8 Å². The summed E-state index contributed by atoms with van der Waals surface area (Å²) in [5, 5.41) is 0. The van der Waals surface area contributed by atoms with Gasteiger partial charge in [-0.1, -0.05) is 0 Å². The fourth-order valence-corrected chi connectivity index (χ4v) is 0. The molecule has 0 aromatic carbocycles. The summed E-state index contributed by atoms with van der Waals surface area (Å²) in [4.78, 5) is 23.2. The second-order valence-corrected chi connectivity index (χ2v) is 2.42. The molecule has 0 atom stereocenters. The molecule has 0 rings (SSSR count). The molecule has 3 N–H and O–H groups in total. The van der Waals surface area contributed by atoms with Crippen LogP contribution in [0.4, 0.5) is 0 Å². The van der Waals surface area contributed by atoms with Crippen LogP contribution < -0.4 is 0 Å². The molecule has 0 aliphatic carbocycles. The Morgan fingerprint density at radius 2 is 1.38 bits per heavy atom. The minimum Gasteiger partial charge on any atom is 0.316 e. The normalized spacial score (nSPS) is 9.00. The Bertz CT molecular complexity index is 45.8. The van der Waals surface area contributed by atoms with Crippen molar-refractivity contribution in [1.29, 1.82) is 0 Å². The van der Waals surface area contributed by atoms with Gasteiger partial charge in [-0.25, -0.2) is 3.98 Å². The van der Waals surface area contributed by atoms with Crippen LogP contribution in [0.3, 0.4) is 0 Å². The molecular formula is H7CaClMgO4Si. The van der Waals surface area contributed by atoms with Crippen molar-refractivity contribution in [2.24, 2.45) is 0 Å². The van der Waals surface area contributed by atoms with Gasteiger partial charge < -0.3 is 14.4 Å². The van der Waals surface area contributed by atoms with E-state index in [9.17, 15) is 0 Å². The van der Waals surface area contributed by atoms with E-state index in [4.69, 9.17) is 14.4 Å². The Hall–Kier alpha value is 2.37. The van der Waals surface area contributed by atoms with Gasteiger partial charge in [-0.2, -0.15) is 0 Å². The van der Waals surface area contributed by atoms with E-state index in [1.807, 2.05) is 0 Å². The quantitative estimate of drug-likeness (QED) is 0.387. The first-order chi connectivity index (χ1) is 2.56. The molecule has 0 spiro atoms. The van der Waals surface area contributed by atoms with Crippen LogP contribution >= 0.6 is 11.9 Å². The van der Waals surface area contributed by atoms with Crippen LogP contribution in [-0.2, 0) is 3.98 Å². The van der Waals surface area contributed by atoms with E-state index in [-0.39, 0.29) is 60.8 Å². The topological polar surface area (TPSA) is 69.9 Å². The smallest absolute Gasteiger partial charge is 0.316 e. The van der Waals surface area contributed by atoms with Crippen LogP contribution in [0.25, 0.3) is 0 Å². The maximum atomic E-state index is 7.72. The minimum absolute atomic E-state index is 0. The van der Waals surface area contributed by atoms with Gasteiger partial charge in [0.25, 0.3) is 0 Å². The van der Waals surface area contributed by atoms with Crippen molar-refractivity contribution >= 4 is 81.7 Å². The molecular weight excluding hydrogens is 192 g/mol. The van der Waals surface area contributed by atoms with E-state index < -0.39 is 9.05 Å². The predicted octanol–water partition coefficient (Wildman–Crippen LogP) is -3.26. The third-order valence-corrected chi connectivity index (χ3v) is 0.932. The van der Waals surface area contributed by atoms with Crippen LogP contribution in [-0.4, -0.2) is 84.2 Å². The number of hydrogen-bond donors (Lipinski definition) is 3. The van der Waals surface area contributed by atoms with Gasteiger partial charge in [-0.05, 0) is 0 Å². The molecule has 0 saturated heterocycles. The Morgan fingerprint density at radius 1 is 1.25 bits per heavy atom. The molecule has 0 aliphatic heterocycles. The summed E-state index contributed by atoms with van der Waals surface area (Å²) in [7, 11) is -4.37. The molecule has 8 heavy (non-hydrogen) atoms. The summed E-state index contributed by atoms with van der Waals surface area (Å²) in [6.45, 7) is 0. The average molecular weight is 199 g/mol. The molecule has 4 nitrogen and oxygen atoms in total. The molecule has 0 aromatic rings. The van der Waals surface area contributed by atoms with Gasteiger partial charge in [0.15, 0.2) is 0 Å². The predicted molar refractivity (Wildman–Crippen MR) is 36.4 cm³/mol. The molecule has 0 unspecified atom stereocenters. The first kappa shape index (κ1) is 16.8. The summed E-state index contributed by atoms with van der Waals surface area (Å²) in [5.74, 6) is 0. The first-order valence-corrected chi connectivity index (χ1v) is 3.09. The van der Waals surface area contributed by atoms with Gasteiger partial charge in [0.2, 0.25) is 0 Å². The van der Waals surface area contributed by atoms with Gasteiger partial charge in [0.05, 0.1) is 11.9 Å². The van der Waals surface area contributed by atoms with Gasteiger partial charge in [-0.15, -0.1) is 0 Å². The standard InChI is InChI=1S/Ca.ClH3O4Si.Mg.4H/c;1-5-6(2,3)4;;;;;/h;2-4H;;;;;. The summed E-state index contributed by atoms with van der Waals surface area (Å²) < 4.78 is 3.22. The molecule has 0 saturated carbocycles. The fourth-order valence-electron chi connectivity index (χ4n) is 0. The van der Waals surface area contributed by atoms with Crippen LogP contribution in [0.2, 0.25) is 0 Å². The van der Waals surface area contributed by atoms with Gasteiger partial charge >= 0.3 is 69.8 Å². The minimum atomic E-state index is -4.37. The van der Waals surface area contributed by atoms with Gasteiger partial charge in [0, 0.05) is 0 Å².